The molecule has 112 valence electrons. The van der Waals surface area contributed by atoms with E-state index in [-0.39, 0.29) is 5.56 Å². The molecular formula is C16H19NO4. The van der Waals surface area contributed by atoms with Crippen LogP contribution in [0.5, 0.6) is 5.75 Å². The van der Waals surface area contributed by atoms with E-state index in [2.05, 4.69) is 0 Å². The number of rotatable bonds is 5. The monoisotopic (exact) mass is 289 g/mol. The summed E-state index contributed by atoms with van der Waals surface area (Å²) in [5.41, 5.74) is -1.08. The molecule has 0 atom stereocenters. The van der Waals surface area contributed by atoms with Gasteiger partial charge in [-0.3, -0.25) is 9.36 Å². The molecule has 0 saturated heterocycles. The number of carbonyl (C=O) groups is 1. The fourth-order valence-corrected chi connectivity index (χ4v) is 2.81. The van der Waals surface area contributed by atoms with Gasteiger partial charge in [0.15, 0.2) is 0 Å². The van der Waals surface area contributed by atoms with E-state index in [4.69, 9.17) is 4.74 Å². The zero-order chi connectivity index (χ0) is 15.6. The Labute approximate surface area is 122 Å². The molecule has 0 bridgehead atoms. The van der Waals surface area contributed by atoms with E-state index in [0.29, 0.717) is 24.1 Å². The van der Waals surface area contributed by atoms with Crippen molar-refractivity contribution in [3.8, 4) is 5.75 Å². The van der Waals surface area contributed by atoms with Crippen molar-refractivity contribution in [3.05, 3.63) is 40.7 Å². The van der Waals surface area contributed by atoms with Gasteiger partial charge in [-0.1, -0.05) is 26.0 Å². The van der Waals surface area contributed by atoms with Crippen LogP contribution < -0.4 is 10.3 Å². The number of benzene rings is 1. The highest BCUT2D eigenvalue weighted by atomic mass is 16.5. The number of para-hydroxylation sites is 1. The third kappa shape index (κ3) is 2.18. The predicted octanol–water partition coefficient (Wildman–Crippen LogP) is 2.61. The zero-order valence-corrected chi connectivity index (χ0v) is 12.4. The van der Waals surface area contributed by atoms with Crippen LogP contribution in [0.25, 0.3) is 10.9 Å². The van der Waals surface area contributed by atoms with Gasteiger partial charge in [0.2, 0.25) is 0 Å². The standard InChI is InChI=1S/C16H19NO4/c1-4-16(5-2,15(19)20)17-13(18)10-9-11-7-6-8-12(21-3)14(11)17/h6-10H,4-5H2,1-3H3,(H,19,20). The lowest BCUT2D eigenvalue weighted by atomic mass is 9.91. The predicted molar refractivity (Wildman–Crippen MR) is 81.0 cm³/mol. The van der Waals surface area contributed by atoms with Crippen molar-refractivity contribution in [2.45, 2.75) is 32.2 Å². The van der Waals surface area contributed by atoms with Gasteiger partial charge in [-0.05, 0) is 25.0 Å². The van der Waals surface area contributed by atoms with Crippen molar-refractivity contribution < 1.29 is 14.6 Å². The summed E-state index contributed by atoms with van der Waals surface area (Å²) in [5, 5.41) is 10.5. The summed E-state index contributed by atoms with van der Waals surface area (Å²) in [6.45, 7) is 3.55. The number of fused-ring (bicyclic) bond motifs is 1. The van der Waals surface area contributed by atoms with Crippen molar-refractivity contribution >= 4 is 16.9 Å². The Bertz CT molecular complexity index is 729. The van der Waals surface area contributed by atoms with Gasteiger partial charge in [0.05, 0.1) is 12.6 Å². The van der Waals surface area contributed by atoms with Crippen LogP contribution >= 0.6 is 0 Å². The second kappa shape index (κ2) is 5.60. The molecule has 0 spiro atoms. The summed E-state index contributed by atoms with van der Waals surface area (Å²) < 4.78 is 6.70. The van der Waals surface area contributed by atoms with Crippen LogP contribution in [0.1, 0.15) is 26.7 Å². The lowest BCUT2D eigenvalue weighted by Gasteiger charge is -2.31. The average molecular weight is 289 g/mol. The molecule has 5 heteroatoms. The Morgan fingerprint density at radius 3 is 2.43 bits per heavy atom. The van der Waals surface area contributed by atoms with Crippen LogP contribution in [-0.4, -0.2) is 22.8 Å². The molecule has 1 N–H and O–H groups in total. The Hall–Kier alpha value is -2.30. The number of carboxylic acids is 1. The van der Waals surface area contributed by atoms with E-state index < -0.39 is 11.5 Å². The number of nitrogens with zero attached hydrogens (tertiary/aromatic N) is 1. The molecule has 0 aliphatic rings. The number of hydrogen-bond acceptors (Lipinski definition) is 3. The van der Waals surface area contributed by atoms with Gasteiger partial charge in [0.1, 0.15) is 11.3 Å². The third-order valence-electron chi connectivity index (χ3n) is 4.10. The van der Waals surface area contributed by atoms with Crippen LogP contribution in [0.3, 0.4) is 0 Å². The molecule has 0 saturated carbocycles. The number of methoxy groups -OCH3 is 1. The van der Waals surface area contributed by atoms with E-state index in [1.54, 1.807) is 26.0 Å². The first kappa shape index (κ1) is 15.1. The zero-order valence-electron chi connectivity index (χ0n) is 12.4. The molecule has 0 aliphatic carbocycles. The topological polar surface area (TPSA) is 68.5 Å². The number of ether oxygens (including phenoxy) is 1. The third-order valence-corrected chi connectivity index (χ3v) is 4.10. The first-order valence-electron chi connectivity index (χ1n) is 6.94. The maximum atomic E-state index is 12.4. The number of aliphatic carboxylic acids is 1. The SMILES string of the molecule is CCC(CC)(C(=O)O)n1c(=O)ccc2cccc(OC)c21. The van der Waals surface area contributed by atoms with Crippen LogP contribution in [0.15, 0.2) is 35.1 Å². The quantitative estimate of drug-likeness (QED) is 0.918. The molecule has 0 fully saturated rings. The van der Waals surface area contributed by atoms with Crippen molar-refractivity contribution in [3.63, 3.8) is 0 Å². The van der Waals surface area contributed by atoms with E-state index in [0.717, 1.165) is 5.39 Å². The van der Waals surface area contributed by atoms with E-state index in [1.807, 2.05) is 12.1 Å². The van der Waals surface area contributed by atoms with Crippen LogP contribution in [0.4, 0.5) is 0 Å². The molecule has 0 amide bonds. The minimum absolute atomic E-state index is 0.315. The molecule has 0 unspecified atom stereocenters. The Kier molecular flexibility index (Phi) is 4.02. The number of carboxylic acid groups (broad SMARTS) is 1. The van der Waals surface area contributed by atoms with Crippen molar-refractivity contribution in [1.82, 2.24) is 4.57 Å². The van der Waals surface area contributed by atoms with Gasteiger partial charge in [-0.15, -0.1) is 0 Å². The molecule has 1 heterocycles. The molecule has 21 heavy (non-hydrogen) atoms. The van der Waals surface area contributed by atoms with Gasteiger partial charge in [0, 0.05) is 11.5 Å². The van der Waals surface area contributed by atoms with Crippen LogP contribution in [-0.2, 0) is 10.3 Å². The van der Waals surface area contributed by atoms with E-state index in [1.165, 1.54) is 17.7 Å². The van der Waals surface area contributed by atoms with Gasteiger partial charge >= 0.3 is 5.97 Å². The molecule has 2 aromatic rings. The fraction of sp³-hybridized carbons (Fsp3) is 0.375. The highest BCUT2D eigenvalue weighted by Crippen LogP contribution is 2.32. The normalized spacial score (nSPS) is 11.6. The van der Waals surface area contributed by atoms with Gasteiger partial charge in [0.25, 0.3) is 5.56 Å². The first-order valence-corrected chi connectivity index (χ1v) is 6.94. The summed E-state index contributed by atoms with van der Waals surface area (Å²) in [6.07, 6.45) is 0.631. The second-order valence-electron chi connectivity index (χ2n) is 4.95. The fourth-order valence-electron chi connectivity index (χ4n) is 2.81. The molecule has 0 aliphatic heterocycles. The van der Waals surface area contributed by atoms with Crippen LogP contribution in [0, 0.1) is 0 Å². The summed E-state index contributed by atoms with van der Waals surface area (Å²) >= 11 is 0. The van der Waals surface area contributed by atoms with E-state index in [9.17, 15) is 14.7 Å². The van der Waals surface area contributed by atoms with Crippen molar-refractivity contribution in [1.29, 1.82) is 0 Å². The van der Waals surface area contributed by atoms with Crippen molar-refractivity contribution in [2.75, 3.05) is 7.11 Å². The smallest absolute Gasteiger partial charge is 0.330 e. The van der Waals surface area contributed by atoms with Gasteiger partial charge in [-0.25, -0.2) is 4.79 Å². The first-order chi connectivity index (χ1) is 10.0. The maximum Gasteiger partial charge on any atom is 0.330 e. The van der Waals surface area contributed by atoms with Gasteiger partial charge < -0.3 is 9.84 Å². The lowest BCUT2D eigenvalue weighted by Crippen LogP contribution is -2.46. The Morgan fingerprint density at radius 2 is 1.90 bits per heavy atom. The number of pyridine rings is 1. The molecule has 2 rings (SSSR count). The van der Waals surface area contributed by atoms with Gasteiger partial charge in [-0.2, -0.15) is 0 Å². The number of hydrogen-bond donors (Lipinski definition) is 1. The largest absolute Gasteiger partial charge is 0.495 e. The molecule has 1 aromatic carbocycles. The average Bonchev–Trinajstić information content (AvgIpc) is 2.49. The summed E-state index contributed by atoms with van der Waals surface area (Å²) in [6, 6.07) is 8.48. The Morgan fingerprint density at radius 1 is 1.24 bits per heavy atom. The van der Waals surface area contributed by atoms with Crippen molar-refractivity contribution in [2.24, 2.45) is 0 Å². The lowest BCUT2D eigenvalue weighted by molar-refractivity contribution is -0.148. The maximum absolute atomic E-state index is 12.4. The summed E-state index contributed by atoms with van der Waals surface area (Å²) in [7, 11) is 1.51. The molecule has 0 radical (unpaired) electrons. The minimum Gasteiger partial charge on any atom is -0.495 e. The number of aromatic nitrogens is 1. The summed E-state index contributed by atoms with van der Waals surface area (Å²) in [5.74, 6) is -0.509. The molecule has 5 nitrogen and oxygen atoms in total. The molecular weight excluding hydrogens is 270 g/mol. The highest BCUT2D eigenvalue weighted by molar-refractivity contribution is 5.88. The molecule has 1 aromatic heterocycles. The Balaban J connectivity index is 3.00. The minimum atomic E-state index is -1.27. The highest BCUT2D eigenvalue weighted by Gasteiger charge is 2.39. The summed E-state index contributed by atoms with van der Waals surface area (Å²) in [4.78, 5) is 24.3. The van der Waals surface area contributed by atoms with Crippen LogP contribution in [0.2, 0.25) is 0 Å². The van der Waals surface area contributed by atoms with E-state index >= 15 is 0 Å². The second-order valence-corrected chi connectivity index (χ2v) is 4.95.